The van der Waals surface area contributed by atoms with Crippen LogP contribution in [0.4, 0.5) is 17.6 Å². The zero-order valence-corrected chi connectivity index (χ0v) is 19.3. The standard InChI is InChI=1S/C25H19ClF4N2OS/c26-20-8-4-9-21(27)19(20)15-34-23-14-32(22-10-2-1-7-18(22)23)12-11-31-24(33)16-5-3-6-17(13-16)25(28,29)30/h1-10,13-14H,11-12,15H2,(H,31,33). The summed E-state index contributed by atoms with van der Waals surface area (Å²) in [6.45, 7) is 0.628. The van der Waals surface area contributed by atoms with E-state index in [4.69, 9.17) is 11.6 Å². The summed E-state index contributed by atoms with van der Waals surface area (Å²) >= 11 is 7.59. The lowest BCUT2D eigenvalue weighted by Crippen LogP contribution is -2.27. The number of benzene rings is 3. The molecule has 0 saturated carbocycles. The van der Waals surface area contributed by atoms with Crippen molar-refractivity contribution in [2.75, 3.05) is 6.54 Å². The molecule has 0 aliphatic heterocycles. The summed E-state index contributed by atoms with van der Waals surface area (Å²) in [7, 11) is 0. The van der Waals surface area contributed by atoms with Crippen LogP contribution in [0.25, 0.3) is 10.9 Å². The predicted molar refractivity (Wildman–Crippen MR) is 127 cm³/mol. The molecule has 4 rings (SSSR count). The van der Waals surface area contributed by atoms with Crippen LogP contribution < -0.4 is 5.32 Å². The molecule has 0 aliphatic rings. The lowest BCUT2D eigenvalue weighted by molar-refractivity contribution is -0.137. The smallest absolute Gasteiger partial charge is 0.350 e. The summed E-state index contributed by atoms with van der Waals surface area (Å²) < 4.78 is 54.8. The molecule has 0 aliphatic carbocycles. The van der Waals surface area contributed by atoms with Gasteiger partial charge in [-0.25, -0.2) is 4.39 Å². The van der Waals surface area contributed by atoms with E-state index >= 15 is 0 Å². The van der Waals surface area contributed by atoms with Crippen LogP contribution in [0.1, 0.15) is 21.5 Å². The number of nitrogens with one attached hydrogen (secondary N) is 1. The molecule has 1 heterocycles. The molecule has 0 unspecified atom stereocenters. The van der Waals surface area contributed by atoms with E-state index in [9.17, 15) is 22.4 Å². The number of halogens is 5. The Morgan fingerprint density at radius 3 is 2.56 bits per heavy atom. The van der Waals surface area contributed by atoms with E-state index in [2.05, 4.69) is 5.32 Å². The Kier molecular flexibility index (Phi) is 7.19. The van der Waals surface area contributed by atoms with Gasteiger partial charge in [-0.3, -0.25) is 4.79 Å². The van der Waals surface area contributed by atoms with Crippen molar-refractivity contribution in [2.45, 2.75) is 23.4 Å². The van der Waals surface area contributed by atoms with Crippen LogP contribution in [0.15, 0.2) is 77.8 Å². The van der Waals surface area contributed by atoms with Gasteiger partial charge in [-0.15, -0.1) is 11.8 Å². The third kappa shape index (κ3) is 5.39. The third-order valence-electron chi connectivity index (χ3n) is 5.28. The molecule has 1 amide bonds. The first kappa shape index (κ1) is 24.2. The van der Waals surface area contributed by atoms with Gasteiger partial charge in [-0.2, -0.15) is 13.2 Å². The average molecular weight is 507 g/mol. The minimum absolute atomic E-state index is 0.0507. The molecule has 0 fully saturated rings. The monoisotopic (exact) mass is 506 g/mol. The molecule has 0 radical (unpaired) electrons. The Balaban J connectivity index is 1.45. The fraction of sp³-hybridized carbons (Fsp3) is 0.160. The number of carbonyl (C=O) groups excluding carboxylic acids is 1. The third-order valence-corrected chi connectivity index (χ3v) is 6.70. The van der Waals surface area contributed by atoms with Gasteiger partial charge >= 0.3 is 6.18 Å². The fourth-order valence-electron chi connectivity index (χ4n) is 3.56. The molecule has 1 aromatic heterocycles. The van der Waals surface area contributed by atoms with Gasteiger partial charge in [0.05, 0.1) is 5.56 Å². The van der Waals surface area contributed by atoms with Crippen molar-refractivity contribution in [3.05, 3.63) is 100 Å². The van der Waals surface area contributed by atoms with E-state index in [0.29, 0.717) is 22.9 Å². The van der Waals surface area contributed by atoms with E-state index in [0.717, 1.165) is 27.9 Å². The van der Waals surface area contributed by atoms with Crippen molar-refractivity contribution in [3.63, 3.8) is 0 Å². The van der Waals surface area contributed by atoms with Crippen LogP contribution in [0.3, 0.4) is 0 Å². The molecule has 0 saturated heterocycles. The molecule has 3 aromatic carbocycles. The number of nitrogens with zero attached hydrogens (tertiary/aromatic N) is 1. The van der Waals surface area contributed by atoms with Crippen LogP contribution in [-0.2, 0) is 18.5 Å². The molecule has 9 heteroatoms. The molecule has 1 N–H and O–H groups in total. The van der Waals surface area contributed by atoms with Crippen LogP contribution in [0, 0.1) is 5.82 Å². The molecule has 0 atom stereocenters. The second-order valence-corrected chi connectivity index (χ2v) is 8.95. The highest BCUT2D eigenvalue weighted by molar-refractivity contribution is 7.98. The lowest BCUT2D eigenvalue weighted by Gasteiger charge is -2.10. The number of thioether (sulfide) groups is 1. The fourth-order valence-corrected chi connectivity index (χ4v) is 4.99. The normalized spacial score (nSPS) is 11.7. The van der Waals surface area contributed by atoms with Gasteiger partial charge in [0.2, 0.25) is 0 Å². The molecular weight excluding hydrogens is 488 g/mol. The number of hydrogen-bond donors (Lipinski definition) is 1. The number of aromatic nitrogens is 1. The van der Waals surface area contributed by atoms with Gasteiger partial charge in [0.25, 0.3) is 5.91 Å². The van der Waals surface area contributed by atoms with Crippen molar-refractivity contribution in [1.29, 1.82) is 0 Å². The largest absolute Gasteiger partial charge is 0.416 e. The number of hydrogen-bond acceptors (Lipinski definition) is 2. The number of carbonyl (C=O) groups is 1. The van der Waals surface area contributed by atoms with E-state index < -0.39 is 17.6 Å². The Morgan fingerprint density at radius 1 is 1.03 bits per heavy atom. The van der Waals surface area contributed by atoms with Gasteiger partial charge in [0.1, 0.15) is 5.82 Å². The highest BCUT2D eigenvalue weighted by atomic mass is 35.5. The van der Waals surface area contributed by atoms with Crippen molar-refractivity contribution < 1.29 is 22.4 Å². The van der Waals surface area contributed by atoms with Gasteiger partial charge in [0, 0.05) is 57.0 Å². The molecular formula is C25H19ClF4N2OS. The maximum Gasteiger partial charge on any atom is 0.416 e. The summed E-state index contributed by atoms with van der Waals surface area (Å²) in [5, 5.41) is 4.02. The Morgan fingerprint density at radius 2 is 1.79 bits per heavy atom. The first-order valence-corrected chi connectivity index (χ1v) is 11.7. The predicted octanol–water partition coefficient (Wildman–Crippen LogP) is 7.17. The summed E-state index contributed by atoms with van der Waals surface area (Å²) in [5.41, 5.74) is 0.440. The topological polar surface area (TPSA) is 34.0 Å². The number of para-hydroxylation sites is 1. The minimum atomic E-state index is -4.51. The van der Waals surface area contributed by atoms with Crippen LogP contribution in [0.2, 0.25) is 5.02 Å². The highest BCUT2D eigenvalue weighted by Crippen LogP contribution is 2.34. The molecule has 34 heavy (non-hydrogen) atoms. The van der Waals surface area contributed by atoms with Gasteiger partial charge in [-0.1, -0.05) is 41.9 Å². The molecule has 4 aromatic rings. The summed E-state index contributed by atoms with van der Waals surface area (Å²) in [4.78, 5) is 13.3. The zero-order chi connectivity index (χ0) is 24.3. The van der Waals surface area contributed by atoms with E-state index in [1.165, 1.54) is 30.0 Å². The second kappa shape index (κ2) is 10.1. The van der Waals surface area contributed by atoms with Gasteiger partial charge in [0.15, 0.2) is 0 Å². The number of amides is 1. The first-order chi connectivity index (χ1) is 16.2. The zero-order valence-electron chi connectivity index (χ0n) is 17.7. The number of alkyl halides is 3. The number of fused-ring (bicyclic) bond motifs is 1. The Hall–Kier alpha value is -2.97. The second-order valence-electron chi connectivity index (χ2n) is 7.53. The van der Waals surface area contributed by atoms with Crippen molar-refractivity contribution in [3.8, 4) is 0 Å². The first-order valence-electron chi connectivity index (χ1n) is 10.3. The molecule has 0 bridgehead atoms. The van der Waals surface area contributed by atoms with Crippen molar-refractivity contribution >= 4 is 40.2 Å². The quantitative estimate of drug-likeness (QED) is 0.213. The van der Waals surface area contributed by atoms with E-state index in [-0.39, 0.29) is 17.9 Å². The highest BCUT2D eigenvalue weighted by Gasteiger charge is 2.30. The summed E-state index contributed by atoms with van der Waals surface area (Å²) in [6.07, 6.45) is -2.60. The molecule has 176 valence electrons. The van der Waals surface area contributed by atoms with Gasteiger partial charge in [-0.05, 0) is 36.4 Å². The van der Waals surface area contributed by atoms with Crippen molar-refractivity contribution in [2.24, 2.45) is 0 Å². The Bertz CT molecular complexity index is 1320. The van der Waals surface area contributed by atoms with Crippen molar-refractivity contribution in [1.82, 2.24) is 9.88 Å². The van der Waals surface area contributed by atoms with Crippen LogP contribution in [-0.4, -0.2) is 17.0 Å². The lowest BCUT2D eigenvalue weighted by atomic mass is 10.1. The summed E-state index contributed by atoms with van der Waals surface area (Å²) in [6, 6.07) is 16.6. The average Bonchev–Trinajstić information content (AvgIpc) is 3.16. The Labute approximate surface area is 202 Å². The number of rotatable bonds is 7. The minimum Gasteiger partial charge on any atom is -0.350 e. The molecule has 3 nitrogen and oxygen atoms in total. The summed E-state index contributed by atoms with van der Waals surface area (Å²) in [5.74, 6) is -0.585. The maximum absolute atomic E-state index is 14.1. The van der Waals surface area contributed by atoms with Gasteiger partial charge < -0.3 is 9.88 Å². The SMILES string of the molecule is O=C(NCCn1cc(SCc2c(F)cccc2Cl)c2ccccc21)c1cccc(C(F)(F)F)c1. The van der Waals surface area contributed by atoms with Crippen LogP contribution in [0.5, 0.6) is 0 Å². The van der Waals surface area contributed by atoms with Crippen LogP contribution >= 0.6 is 23.4 Å². The van der Waals surface area contributed by atoms with E-state index in [1.807, 2.05) is 35.0 Å². The molecule has 0 spiro atoms. The maximum atomic E-state index is 14.1. The van der Waals surface area contributed by atoms with E-state index in [1.54, 1.807) is 12.1 Å².